The Hall–Kier alpha value is -2.34. The van der Waals surface area contributed by atoms with Gasteiger partial charge >= 0.3 is 0 Å². The van der Waals surface area contributed by atoms with Gasteiger partial charge in [0.15, 0.2) is 0 Å². The Labute approximate surface area is 165 Å². The van der Waals surface area contributed by atoms with E-state index in [1.807, 2.05) is 30.5 Å². The minimum Gasteiger partial charge on any atom is -0.493 e. The molecular formula is C21H26N2O3S. The third kappa shape index (κ3) is 6.10. The lowest BCUT2D eigenvalue weighted by atomic mass is 10.1. The van der Waals surface area contributed by atoms with Gasteiger partial charge in [0, 0.05) is 18.3 Å². The zero-order valence-electron chi connectivity index (χ0n) is 14.7. The van der Waals surface area contributed by atoms with Crippen LogP contribution in [0, 0.1) is 0 Å². The van der Waals surface area contributed by atoms with Crippen molar-refractivity contribution in [1.29, 1.82) is 0 Å². The van der Waals surface area contributed by atoms with E-state index >= 15 is 0 Å². The summed E-state index contributed by atoms with van der Waals surface area (Å²) in [6.45, 7) is 2.70. The molecule has 0 aromatic heterocycles. The first-order chi connectivity index (χ1) is 12.6. The Morgan fingerprint density at radius 2 is 2.00 bits per heavy atom. The molecule has 0 bridgehead atoms. The van der Waals surface area contributed by atoms with Gasteiger partial charge in [0.2, 0.25) is 5.91 Å². The van der Waals surface area contributed by atoms with Crippen LogP contribution in [0.5, 0.6) is 5.75 Å². The average Bonchev–Trinajstić information content (AvgIpc) is 2.83. The van der Waals surface area contributed by atoms with Crippen molar-refractivity contribution in [2.75, 3.05) is 6.61 Å². The number of hydrogen-bond donors (Lipinski definition) is 1. The lowest BCUT2D eigenvalue weighted by Crippen LogP contribution is -2.25. The summed E-state index contributed by atoms with van der Waals surface area (Å²) in [5.41, 5.74) is 3.33. The number of aliphatic imine (C=N–C) groups is 1. The van der Waals surface area contributed by atoms with Gasteiger partial charge in [-0.3, -0.25) is 19.9 Å². The molecule has 1 fully saturated rings. The van der Waals surface area contributed by atoms with E-state index in [9.17, 15) is 9.59 Å². The van der Waals surface area contributed by atoms with Gasteiger partial charge in [-0.05, 0) is 42.5 Å². The molecule has 0 radical (unpaired) electrons. The lowest BCUT2D eigenvalue weighted by molar-refractivity contribution is -0.118. The zero-order chi connectivity index (χ0) is 18.4. The number of imide groups is 1. The summed E-state index contributed by atoms with van der Waals surface area (Å²) in [5, 5.41) is 1.70. The fourth-order valence-electron chi connectivity index (χ4n) is 2.76. The van der Waals surface area contributed by atoms with Crippen molar-refractivity contribution < 1.29 is 14.3 Å². The molecule has 2 heterocycles. The largest absolute Gasteiger partial charge is 0.493 e. The van der Waals surface area contributed by atoms with E-state index in [2.05, 4.69) is 29.4 Å². The van der Waals surface area contributed by atoms with E-state index in [-0.39, 0.29) is 23.8 Å². The number of hydrogen-bond acceptors (Lipinski definition) is 5. The van der Waals surface area contributed by atoms with E-state index in [1.54, 1.807) is 0 Å². The number of carbonyl (C=O) groups excluding carboxylic acids is 2. The van der Waals surface area contributed by atoms with E-state index in [0.717, 1.165) is 48.0 Å². The Morgan fingerprint density at radius 1 is 1.22 bits per heavy atom. The predicted octanol–water partition coefficient (Wildman–Crippen LogP) is 4.68. The fraction of sp³-hybridized carbons (Fsp3) is 0.381. The normalized spacial score (nSPS) is 18.9. The number of carbonyl (C=O) groups is 2. The first-order valence-electron chi connectivity index (χ1n) is 8.79. The first kappa shape index (κ1) is 21.0. The van der Waals surface area contributed by atoms with Crippen LogP contribution < -0.4 is 10.1 Å². The Morgan fingerprint density at radius 3 is 2.67 bits per heavy atom. The molecule has 1 aromatic rings. The second-order valence-electron chi connectivity index (χ2n) is 6.15. The summed E-state index contributed by atoms with van der Waals surface area (Å²) in [7, 11) is 0. The summed E-state index contributed by atoms with van der Waals surface area (Å²) in [5.74, 6) is 0.581. The molecule has 6 heteroatoms. The molecule has 0 aliphatic carbocycles. The van der Waals surface area contributed by atoms with Crippen molar-refractivity contribution in [2.45, 2.75) is 45.3 Å². The molecule has 2 aliphatic rings. The van der Waals surface area contributed by atoms with Crippen LogP contribution in [-0.4, -0.2) is 29.2 Å². The Bertz CT molecular complexity index is 766. The molecule has 0 saturated carbocycles. The molecule has 1 unspecified atom stereocenters. The van der Waals surface area contributed by atoms with Crippen molar-refractivity contribution >= 4 is 29.1 Å². The molecular weight excluding hydrogens is 360 g/mol. The number of thioether (sulfide) groups is 1. The number of benzene rings is 1. The highest BCUT2D eigenvalue weighted by Gasteiger charge is 2.31. The zero-order valence-corrected chi connectivity index (χ0v) is 15.6. The maximum atomic E-state index is 11.6. The van der Waals surface area contributed by atoms with Crippen molar-refractivity contribution in [3.63, 3.8) is 0 Å². The minimum absolute atomic E-state index is 0. The van der Waals surface area contributed by atoms with Crippen LogP contribution in [0.3, 0.4) is 0 Å². The van der Waals surface area contributed by atoms with E-state index in [0.29, 0.717) is 13.0 Å². The highest BCUT2D eigenvalue weighted by Crippen LogP contribution is 2.24. The van der Waals surface area contributed by atoms with Gasteiger partial charge in [-0.15, -0.1) is 0 Å². The number of amides is 2. The molecule has 1 N–H and O–H groups in total. The maximum Gasteiger partial charge on any atom is 0.286 e. The van der Waals surface area contributed by atoms with Gasteiger partial charge in [-0.1, -0.05) is 50.4 Å². The van der Waals surface area contributed by atoms with E-state index in [4.69, 9.17) is 4.74 Å². The van der Waals surface area contributed by atoms with Gasteiger partial charge in [0.1, 0.15) is 5.75 Å². The molecule has 5 nitrogen and oxygen atoms in total. The number of nitrogens with one attached hydrogen (secondary N) is 1. The quantitative estimate of drug-likeness (QED) is 0.739. The van der Waals surface area contributed by atoms with Gasteiger partial charge < -0.3 is 4.74 Å². The van der Waals surface area contributed by atoms with Crippen LogP contribution >= 0.6 is 11.8 Å². The summed E-state index contributed by atoms with van der Waals surface area (Å²) < 4.78 is 5.80. The molecule has 1 aromatic carbocycles. The summed E-state index contributed by atoms with van der Waals surface area (Å²) >= 11 is 1.05. The topological polar surface area (TPSA) is 67.8 Å². The highest BCUT2D eigenvalue weighted by molar-refractivity contribution is 8.15. The van der Waals surface area contributed by atoms with E-state index < -0.39 is 0 Å². The summed E-state index contributed by atoms with van der Waals surface area (Å²) in [6.07, 6.45) is 9.51. The van der Waals surface area contributed by atoms with Crippen molar-refractivity contribution in [2.24, 2.45) is 4.99 Å². The lowest BCUT2D eigenvalue weighted by Gasteiger charge is -2.09. The Balaban J connectivity index is 0.00000261. The second kappa shape index (κ2) is 10.1. The van der Waals surface area contributed by atoms with Crippen LogP contribution in [0.4, 0.5) is 4.79 Å². The van der Waals surface area contributed by atoms with E-state index in [1.165, 1.54) is 5.57 Å². The fourth-order valence-corrected chi connectivity index (χ4v) is 3.62. The minimum atomic E-state index is -0.337. The SMILES string of the molecule is C.CCC1=CCC=C(CCOc2ccc(CC3SC(=O)NC3=O)cc2)N=C1. The molecule has 2 amide bonds. The molecule has 3 rings (SSSR count). The smallest absolute Gasteiger partial charge is 0.286 e. The summed E-state index contributed by atoms with van der Waals surface area (Å²) in [4.78, 5) is 27.3. The van der Waals surface area contributed by atoms with Crippen LogP contribution in [0.1, 0.15) is 39.2 Å². The number of allylic oxidation sites excluding steroid dienone is 3. The molecule has 144 valence electrons. The number of rotatable bonds is 7. The third-order valence-corrected chi connectivity index (χ3v) is 5.26. The van der Waals surface area contributed by atoms with Crippen LogP contribution in [0.25, 0.3) is 0 Å². The standard InChI is InChI=1S/C20H22N2O3S.CH4/c1-2-14-4-3-5-16(21-13-14)10-11-25-17-8-6-15(7-9-17)12-18-19(23)22-20(24)26-18;/h4-9,13,18H,2-3,10-12H2,1H3,(H,22,23,24);1H4. The summed E-state index contributed by atoms with van der Waals surface area (Å²) in [6, 6.07) is 7.67. The van der Waals surface area contributed by atoms with Crippen molar-refractivity contribution in [3.05, 3.63) is 53.3 Å². The predicted molar refractivity (Wildman–Crippen MR) is 111 cm³/mol. The molecule has 2 aliphatic heterocycles. The second-order valence-corrected chi connectivity index (χ2v) is 7.33. The van der Waals surface area contributed by atoms with Crippen molar-refractivity contribution in [3.8, 4) is 5.75 Å². The number of nitrogens with zero attached hydrogens (tertiary/aromatic N) is 1. The monoisotopic (exact) mass is 386 g/mol. The number of ether oxygens (including phenoxy) is 1. The van der Waals surface area contributed by atoms with Crippen LogP contribution in [-0.2, 0) is 11.2 Å². The van der Waals surface area contributed by atoms with Gasteiger partial charge in [-0.2, -0.15) is 0 Å². The van der Waals surface area contributed by atoms with Gasteiger partial charge in [-0.25, -0.2) is 0 Å². The van der Waals surface area contributed by atoms with Crippen molar-refractivity contribution in [1.82, 2.24) is 5.32 Å². The highest BCUT2D eigenvalue weighted by atomic mass is 32.2. The van der Waals surface area contributed by atoms with Crippen LogP contribution in [0.15, 0.2) is 52.7 Å². The molecule has 1 atom stereocenters. The third-order valence-electron chi connectivity index (χ3n) is 4.28. The Kier molecular flexibility index (Phi) is 7.85. The molecule has 27 heavy (non-hydrogen) atoms. The molecule has 0 spiro atoms. The molecule has 1 saturated heterocycles. The van der Waals surface area contributed by atoms with Crippen LogP contribution in [0.2, 0.25) is 0 Å². The van der Waals surface area contributed by atoms with Gasteiger partial charge in [0.25, 0.3) is 5.24 Å². The maximum absolute atomic E-state index is 11.6. The first-order valence-corrected chi connectivity index (χ1v) is 9.67. The van der Waals surface area contributed by atoms with Gasteiger partial charge in [0.05, 0.1) is 11.9 Å². The average molecular weight is 387 g/mol.